The Balaban J connectivity index is 1.41. The van der Waals surface area contributed by atoms with Gasteiger partial charge in [0.15, 0.2) is 5.82 Å². The van der Waals surface area contributed by atoms with Gasteiger partial charge in [0.2, 0.25) is 5.91 Å². The van der Waals surface area contributed by atoms with Crippen LogP contribution in [0.3, 0.4) is 0 Å². The van der Waals surface area contributed by atoms with Gasteiger partial charge in [-0.05, 0) is 11.8 Å². The van der Waals surface area contributed by atoms with E-state index in [-0.39, 0.29) is 49.4 Å². The molecule has 0 bridgehead atoms. The van der Waals surface area contributed by atoms with Crippen LogP contribution < -0.4 is 10.6 Å². The van der Waals surface area contributed by atoms with Crippen molar-refractivity contribution in [2.45, 2.75) is 20.0 Å². The maximum atomic E-state index is 12.0. The quantitative estimate of drug-likeness (QED) is 0.222. The molecule has 0 aliphatic rings. The van der Waals surface area contributed by atoms with E-state index in [9.17, 15) is 29.8 Å². The third kappa shape index (κ3) is 5.46. The highest BCUT2D eigenvalue weighted by atomic mass is 16.6. The lowest BCUT2D eigenvalue weighted by molar-refractivity contribution is -0.389. The highest BCUT2D eigenvalue weighted by Gasteiger charge is 2.18. The first-order valence-corrected chi connectivity index (χ1v) is 8.96. The van der Waals surface area contributed by atoms with Gasteiger partial charge in [-0.25, -0.2) is 0 Å². The Morgan fingerprint density at radius 2 is 1.94 bits per heavy atom. The van der Waals surface area contributed by atoms with Gasteiger partial charge >= 0.3 is 23.3 Å². The van der Waals surface area contributed by atoms with Crippen LogP contribution in [0.15, 0.2) is 23.0 Å². The summed E-state index contributed by atoms with van der Waals surface area (Å²) in [4.78, 5) is 48.0. The molecule has 3 aromatic heterocycles. The summed E-state index contributed by atoms with van der Waals surface area (Å²) in [6, 6.07) is 1.25. The van der Waals surface area contributed by atoms with Crippen LogP contribution in [0.4, 0.5) is 11.5 Å². The third-order valence-electron chi connectivity index (χ3n) is 3.98. The summed E-state index contributed by atoms with van der Waals surface area (Å²) >= 11 is 0. The normalized spacial score (nSPS) is 10.7. The van der Waals surface area contributed by atoms with E-state index in [4.69, 9.17) is 4.52 Å². The van der Waals surface area contributed by atoms with Crippen molar-refractivity contribution < 1.29 is 24.0 Å². The average Bonchev–Trinajstić information content (AvgIpc) is 3.46. The van der Waals surface area contributed by atoms with Crippen molar-refractivity contribution in [3.8, 4) is 0 Å². The van der Waals surface area contributed by atoms with E-state index < -0.39 is 21.7 Å². The van der Waals surface area contributed by atoms with Crippen LogP contribution in [0.5, 0.6) is 0 Å². The summed E-state index contributed by atoms with van der Waals surface area (Å²) in [5.41, 5.74) is 0.256. The number of carbonyl (C=O) groups excluding carboxylic acids is 2. The highest BCUT2D eigenvalue weighted by molar-refractivity contribution is 5.89. The second-order valence-electron chi connectivity index (χ2n) is 6.33. The number of amides is 2. The Kier molecular flexibility index (Phi) is 6.47. The lowest BCUT2D eigenvalue weighted by Gasteiger charge is -2.05. The highest BCUT2D eigenvalue weighted by Crippen LogP contribution is 2.11. The minimum absolute atomic E-state index is 0.0360. The van der Waals surface area contributed by atoms with Gasteiger partial charge in [-0.1, -0.05) is 5.16 Å². The van der Waals surface area contributed by atoms with Crippen LogP contribution in [0.1, 0.15) is 22.2 Å². The predicted octanol–water partition coefficient (Wildman–Crippen LogP) is -0.818. The van der Waals surface area contributed by atoms with Crippen LogP contribution >= 0.6 is 0 Å². The van der Waals surface area contributed by atoms with Crippen LogP contribution in [-0.2, 0) is 17.9 Å². The van der Waals surface area contributed by atoms with Gasteiger partial charge in [0.25, 0.3) is 0 Å². The molecule has 0 aliphatic heterocycles. The summed E-state index contributed by atoms with van der Waals surface area (Å²) in [5, 5.41) is 37.5. The molecule has 168 valence electrons. The van der Waals surface area contributed by atoms with Gasteiger partial charge in [-0.2, -0.15) is 14.8 Å². The molecule has 2 amide bonds. The van der Waals surface area contributed by atoms with Crippen LogP contribution in [-0.4, -0.2) is 64.5 Å². The summed E-state index contributed by atoms with van der Waals surface area (Å²) < 4.78 is 7.26. The monoisotopic (exact) mass is 448 g/mol. The van der Waals surface area contributed by atoms with Crippen LogP contribution in [0, 0.1) is 27.2 Å². The van der Waals surface area contributed by atoms with Gasteiger partial charge in [0.05, 0.1) is 21.8 Å². The number of aromatic nitrogens is 6. The number of nitrogens with one attached hydrogen (secondary N) is 2. The molecule has 0 fully saturated rings. The Bertz CT molecular complexity index is 1160. The van der Waals surface area contributed by atoms with Crippen molar-refractivity contribution in [3.05, 3.63) is 56.1 Å². The summed E-state index contributed by atoms with van der Waals surface area (Å²) in [6.45, 7) is 1.45. The molecule has 0 radical (unpaired) electrons. The fourth-order valence-electron chi connectivity index (χ4n) is 2.48. The molecule has 3 rings (SSSR count). The van der Waals surface area contributed by atoms with Gasteiger partial charge in [0.1, 0.15) is 25.5 Å². The Labute approximate surface area is 177 Å². The number of hydrogen-bond donors (Lipinski definition) is 2. The Morgan fingerprint density at radius 1 is 1.19 bits per heavy atom. The molecule has 17 heteroatoms. The molecule has 0 unspecified atom stereocenters. The van der Waals surface area contributed by atoms with Gasteiger partial charge < -0.3 is 25.3 Å². The molecule has 17 nitrogen and oxygen atoms in total. The molecule has 3 aromatic rings. The molecule has 0 spiro atoms. The molecule has 0 aliphatic carbocycles. The first-order valence-electron chi connectivity index (χ1n) is 8.96. The van der Waals surface area contributed by atoms with Gasteiger partial charge in [-0.3, -0.25) is 24.4 Å². The van der Waals surface area contributed by atoms with E-state index in [1.54, 1.807) is 6.92 Å². The zero-order valence-electron chi connectivity index (χ0n) is 16.5. The number of hydrogen-bond acceptors (Lipinski definition) is 11. The van der Waals surface area contributed by atoms with E-state index in [1.807, 2.05) is 0 Å². The third-order valence-corrected chi connectivity index (χ3v) is 3.98. The van der Waals surface area contributed by atoms with Gasteiger partial charge in [-0.15, -0.1) is 0 Å². The molecular weight excluding hydrogens is 432 g/mol. The topological polar surface area (TPSA) is 219 Å². The Morgan fingerprint density at radius 3 is 2.59 bits per heavy atom. The van der Waals surface area contributed by atoms with E-state index in [2.05, 4.69) is 31.0 Å². The maximum absolute atomic E-state index is 12.0. The maximum Gasteiger partial charge on any atom is 0.390 e. The summed E-state index contributed by atoms with van der Waals surface area (Å²) in [5.74, 6) is -1.72. The van der Waals surface area contributed by atoms with Crippen molar-refractivity contribution in [1.82, 2.24) is 40.3 Å². The smallest absolute Gasteiger partial charge is 0.358 e. The average molecular weight is 448 g/mol. The largest absolute Gasteiger partial charge is 0.390 e. The molecule has 0 aromatic carbocycles. The second-order valence-corrected chi connectivity index (χ2v) is 6.33. The molecule has 0 saturated carbocycles. The molecule has 0 atom stereocenters. The van der Waals surface area contributed by atoms with Gasteiger partial charge in [0, 0.05) is 13.1 Å². The lowest BCUT2D eigenvalue weighted by Crippen LogP contribution is -2.36. The molecule has 0 saturated heterocycles. The van der Waals surface area contributed by atoms with Crippen LogP contribution in [0.2, 0.25) is 0 Å². The van der Waals surface area contributed by atoms with Crippen molar-refractivity contribution in [1.29, 1.82) is 0 Å². The summed E-state index contributed by atoms with van der Waals surface area (Å²) in [6.07, 6.45) is 2.25. The number of nitrogens with zero attached hydrogens (tertiary/aromatic N) is 8. The minimum atomic E-state index is -0.678. The predicted molar refractivity (Wildman–Crippen MR) is 101 cm³/mol. The second kappa shape index (κ2) is 9.41. The molecule has 32 heavy (non-hydrogen) atoms. The van der Waals surface area contributed by atoms with E-state index in [0.29, 0.717) is 5.69 Å². The molecule has 3 heterocycles. The lowest BCUT2D eigenvalue weighted by atomic mass is 10.4. The summed E-state index contributed by atoms with van der Waals surface area (Å²) in [7, 11) is 0. The zero-order valence-corrected chi connectivity index (χ0v) is 16.5. The van der Waals surface area contributed by atoms with Crippen molar-refractivity contribution >= 4 is 23.3 Å². The van der Waals surface area contributed by atoms with Crippen molar-refractivity contribution in [3.63, 3.8) is 0 Å². The SMILES string of the molecule is Cc1cc([N+](=O)[O-])nn1CC(=O)NCCNC(=O)c1nc(Cn2cc([N+](=O)[O-])cn2)no1. The fourth-order valence-corrected chi connectivity index (χ4v) is 2.48. The van der Waals surface area contributed by atoms with E-state index in [1.165, 1.54) is 21.6 Å². The zero-order chi connectivity index (χ0) is 23.3. The van der Waals surface area contributed by atoms with Crippen molar-refractivity contribution in [2.75, 3.05) is 13.1 Å². The first kappa shape index (κ1) is 22.0. The number of rotatable bonds is 10. The molecular formula is C15H16N10O7. The fraction of sp³-hybridized carbons (Fsp3) is 0.333. The number of nitro groups is 2. The van der Waals surface area contributed by atoms with Crippen LogP contribution in [0.25, 0.3) is 0 Å². The Hall–Kier alpha value is -4.70. The number of carbonyl (C=O) groups is 2. The minimum Gasteiger partial charge on any atom is -0.358 e. The van der Waals surface area contributed by atoms with Crippen molar-refractivity contribution in [2.24, 2.45) is 0 Å². The number of aryl methyl sites for hydroxylation is 1. The van der Waals surface area contributed by atoms with E-state index >= 15 is 0 Å². The first-order chi connectivity index (χ1) is 15.2. The standard InChI is InChI=1S/C15H16N10O7/c1-9-4-12(25(30)31)20-23(9)8-13(26)16-2-3-17-14(27)15-19-11(21-32-15)7-22-6-10(5-18-22)24(28)29/h4-6H,2-3,7-8H2,1H3,(H,16,26)(H,17,27). The molecule has 2 N–H and O–H groups in total. The van der Waals surface area contributed by atoms with E-state index in [0.717, 1.165) is 6.20 Å².